The summed E-state index contributed by atoms with van der Waals surface area (Å²) in [6.45, 7) is 2.90. The maximum absolute atomic E-state index is 12.0. The molecular formula is C15H16F3N3O2. The zero-order valence-electron chi connectivity index (χ0n) is 12.4. The van der Waals surface area contributed by atoms with Crippen LogP contribution < -0.4 is 10.1 Å². The van der Waals surface area contributed by atoms with E-state index in [1.165, 1.54) is 24.3 Å². The largest absolute Gasteiger partial charge is 0.573 e. The molecule has 1 heterocycles. The molecule has 0 aliphatic heterocycles. The van der Waals surface area contributed by atoms with Crippen LogP contribution in [-0.4, -0.2) is 28.6 Å². The molecule has 0 spiro atoms. The highest BCUT2D eigenvalue weighted by atomic mass is 19.4. The summed E-state index contributed by atoms with van der Waals surface area (Å²) in [6.07, 6.45) is -1.04. The van der Waals surface area contributed by atoms with Crippen molar-refractivity contribution in [3.8, 4) is 5.75 Å². The fourth-order valence-electron chi connectivity index (χ4n) is 1.96. The number of hydrogen-bond donors (Lipinski definition) is 1. The van der Waals surface area contributed by atoms with Crippen LogP contribution in [0.15, 0.2) is 36.7 Å². The van der Waals surface area contributed by atoms with Crippen molar-refractivity contribution in [2.45, 2.75) is 26.3 Å². The summed E-state index contributed by atoms with van der Waals surface area (Å²) >= 11 is 0. The van der Waals surface area contributed by atoms with Crippen molar-refractivity contribution in [1.82, 2.24) is 15.1 Å². The Labute approximate surface area is 131 Å². The fourth-order valence-corrected chi connectivity index (χ4v) is 1.96. The SMILES string of the molecule is Cc1cnn(CCNC(=O)Cc2ccc(OC(F)(F)F)cc2)c1. The Morgan fingerprint density at radius 3 is 2.57 bits per heavy atom. The first-order valence-corrected chi connectivity index (χ1v) is 6.92. The monoisotopic (exact) mass is 327 g/mol. The number of rotatable bonds is 6. The molecule has 5 nitrogen and oxygen atoms in total. The maximum Gasteiger partial charge on any atom is 0.573 e. The van der Waals surface area contributed by atoms with Crippen LogP contribution in [0.25, 0.3) is 0 Å². The first-order chi connectivity index (χ1) is 10.8. The highest BCUT2D eigenvalue weighted by molar-refractivity contribution is 5.78. The number of amides is 1. The molecule has 0 atom stereocenters. The second kappa shape index (κ2) is 7.17. The van der Waals surface area contributed by atoms with E-state index >= 15 is 0 Å². The van der Waals surface area contributed by atoms with Gasteiger partial charge in [0.15, 0.2) is 0 Å². The molecule has 0 fully saturated rings. The molecule has 0 saturated carbocycles. The molecule has 124 valence electrons. The molecule has 0 saturated heterocycles. The van der Waals surface area contributed by atoms with Crippen LogP contribution in [0.5, 0.6) is 5.75 Å². The molecule has 0 radical (unpaired) electrons. The number of aromatic nitrogens is 2. The number of halogens is 3. The number of alkyl halides is 3. The smallest absolute Gasteiger partial charge is 0.406 e. The fraction of sp³-hybridized carbons (Fsp3) is 0.333. The summed E-state index contributed by atoms with van der Waals surface area (Å²) in [5.41, 5.74) is 1.64. The van der Waals surface area contributed by atoms with E-state index < -0.39 is 6.36 Å². The second-order valence-electron chi connectivity index (χ2n) is 5.00. The van der Waals surface area contributed by atoms with Gasteiger partial charge in [-0.3, -0.25) is 9.48 Å². The van der Waals surface area contributed by atoms with Crippen molar-refractivity contribution in [3.05, 3.63) is 47.8 Å². The summed E-state index contributed by atoms with van der Waals surface area (Å²) < 4.78 is 41.6. The number of aryl methyl sites for hydroxylation is 1. The lowest BCUT2D eigenvalue weighted by Crippen LogP contribution is -2.28. The van der Waals surface area contributed by atoms with E-state index in [9.17, 15) is 18.0 Å². The third kappa shape index (κ3) is 6.01. The lowest BCUT2D eigenvalue weighted by atomic mass is 10.1. The van der Waals surface area contributed by atoms with Gasteiger partial charge in [-0.05, 0) is 30.2 Å². The van der Waals surface area contributed by atoms with Crippen LogP contribution in [0, 0.1) is 6.92 Å². The summed E-state index contributed by atoms with van der Waals surface area (Å²) in [5.74, 6) is -0.519. The number of ether oxygens (including phenoxy) is 1. The molecule has 2 rings (SSSR count). The zero-order chi connectivity index (χ0) is 16.9. The second-order valence-corrected chi connectivity index (χ2v) is 5.00. The van der Waals surface area contributed by atoms with Crippen molar-refractivity contribution in [1.29, 1.82) is 0 Å². The number of nitrogens with one attached hydrogen (secondary N) is 1. The lowest BCUT2D eigenvalue weighted by molar-refractivity contribution is -0.274. The quantitative estimate of drug-likeness (QED) is 0.887. The first kappa shape index (κ1) is 16.9. The van der Waals surface area contributed by atoms with Gasteiger partial charge >= 0.3 is 6.36 Å². The lowest BCUT2D eigenvalue weighted by Gasteiger charge is -2.09. The molecule has 0 bridgehead atoms. The van der Waals surface area contributed by atoms with Crippen LogP contribution >= 0.6 is 0 Å². The molecule has 8 heteroatoms. The Balaban J connectivity index is 1.76. The van der Waals surface area contributed by atoms with Gasteiger partial charge in [0.2, 0.25) is 5.91 Å². The van der Waals surface area contributed by atoms with E-state index in [4.69, 9.17) is 0 Å². The van der Waals surface area contributed by atoms with Crippen molar-refractivity contribution in [2.75, 3.05) is 6.54 Å². The predicted molar refractivity (Wildman–Crippen MR) is 76.8 cm³/mol. The van der Waals surface area contributed by atoms with Gasteiger partial charge in [0.25, 0.3) is 0 Å². The molecule has 2 aromatic rings. The minimum Gasteiger partial charge on any atom is -0.406 e. The normalized spacial score (nSPS) is 11.3. The van der Waals surface area contributed by atoms with Gasteiger partial charge < -0.3 is 10.1 Å². The molecule has 0 unspecified atom stereocenters. The molecule has 23 heavy (non-hydrogen) atoms. The molecule has 1 N–H and O–H groups in total. The summed E-state index contributed by atoms with van der Waals surface area (Å²) in [5, 5.41) is 6.83. The first-order valence-electron chi connectivity index (χ1n) is 6.92. The van der Waals surface area contributed by atoms with E-state index in [-0.39, 0.29) is 18.1 Å². The van der Waals surface area contributed by atoms with Crippen LogP contribution in [0.4, 0.5) is 13.2 Å². The van der Waals surface area contributed by atoms with Crippen molar-refractivity contribution < 1.29 is 22.7 Å². The van der Waals surface area contributed by atoms with Crippen LogP contribution in [0.1, 0.15) is 11.1 Å². The summed E-state index contributed by atoms with van der Waals surface area (Å²) in [4.78, 5) is 11.8. The Hall–Kier alpha value is -2.51. The van der Waals surface area contributed by atoms with Crippen LogP contribution in [0.3, 0.4) is 0 Å². The predicted octanol–water partition coefficient (Wildman–Crippen LogP) is 2.45. The minimum atomic E-state index is -4.72. The molecule has 0 aliphatic carbocycles. The van der Waals surface area contributed by atoms with Gasteiger partial charge in [0.1, 0.15) is 5.75 Å². The molecule has 1 aromatic carbocycles. The topological polar surface area (TPSA) is 56.2 Å². The minimum absolute atomic E-state index is 0.0877. The van der Waals surface area contributed by atoms with Gasteiger partial charge in [-0.2, -0.15) is 5.10 Å². The number of carbonyl (C=O) groups excluding carboxylic acids is 1. The van der Waals surface area contributed by atoms with Crippen molar-refractivity contribution >= 4 is 5.91 Å². The molecule has 1 aromatic heterocycles. The highest BCUT2D eigenvalue weighted by Gasteiger charge is 2.30. The number of benzene rings is 1. The number of nitrogens with zero attached hydrogens (tertiary/aromatic N) is 2. The molecular weight excluding hydrogens is 311 g/mol. The van der Waals surface area contributed by atoms with Crippen molar-refractivity contribution in [3.63, 3.8) is 0 Å². The summed E-state index contributed by atoms with van der Waals surface area (Å²) in [6, 6.07) is 5.22. The third-order valence-electron chi connectivity index (χ3n) is 2.95. The van der Waals surface area contributed by atoms with Crippen molar-refractivity contribution in [2.24, 2.45) is 0 Å². The Morgan fingerprint density at radius 1 is 1.30 bits per heavy atom. The highest BCUT2D eigenvalue weighted by Crippen LogP contribution is 2.22. The van der Waals surface area contributed by atoms with E-state index in [0.717, 1.165) is 5.56 Å². The number of carbonyl (C=O) groups is 1. The summed E-state index contributed by atoms with van der Waals surface area (Å²) in [7, 11) is 0. The van der Waals surface area contributed by atoms with E-state index in [1.807, 2.05) is 13.1 Å². The van der Waals surface area contributed by atoms with E-state index in [2.05, 4.69) is 15.2 Å². The van der Waals surface area contributed by atoms with Gasteiger partial charge in [-0.15, -0.1) is 13.2 Å². The Morgan fingerprint density at radius 2 is 2.00 bits per heavy atom. The standard InChI is InChI=1S/C15H16F3N3O2/c1-11-9-20-21(10-11)7-6-19-14(22)8-12-2-4-13(5-3-12)23-15(16,17)18/h2-5,9-10H,6-8H2,1H3,(H,19,22). The van der Waals surface area contributed by atoms with E-state index in [0.29, 0.717) is 18.7 Å². The third-order valence-corrected chi connectivity index (χ3v) is 2.95. The average molecular weight is 327 g/mol. The molecule has 1 amide bonds. The van der Waals surface area contributed by atoms with Crippen LogP contribution in [-0.2, 0) is 17.8 Å². The van der Waals surface area contributed by atoms with E-state index in [1.54, 1.807) is 10.9 Å². The van der Waals surface area contributed by atoms with Gasteiger partial charge in [-0.25, -0.2) is 0 Å². The zero-order valence-corrected chi connectivity index (χ0v) is 12.4. The maximum atomic E-state index is 12.0. The van der Waals surface area contributed by atoms with Gasteiger partial charge in [-0.1, -0.05) is 12.1 Å². The van der Waals surface area contributed by atoms with Gasteiger partial charge in [0.05, 0.1) is 19.2 Å². The Kier molecular flexibility index (Phi) is 5.25. The Bertz CT molecular complexity index is 651. The van der Waals surface area contributed by atoms with Crippen LogP contribution in [0.2, 0.25) is 0 Å². The van der Waals surface area contributed by atoms with Gasteiger partial charge in [0, 0.05) is 12.7 Å². The average Bonchev–Trinajstić information content (AvgIpc) is 2.85. The molecule has 0 aliphatic rings. The number of hydrogen-bond acceptors (Lipinski definition) is 3.